The number of fused-ring (bicyclic) bond motifs is 1. The average Bonchev–Trinajstić information content (AvgIpc) is 3.58. The second-order valence-electron chi connectivity index (χ2n) is 8.65. The molecule has 8 nitrogen and oxygen atoms in total. The molecule has 0 aromatic heterocycles. The van der Waals surface area contributed by atoms with E-state index in [-0.39, 0.29) is 48.8 Å². The van der Waals surface area contributed by atoms with Crippen LogP contribution in [0.3, 0.4) is 0 Å². The standard InChI is InChI=1S/C23H32N2O6S/c1-16-12-25(17(2)14-26)32(28,29)22-10-9-19(8-7-18-5-6-18)11-20(22)31-21(16)13-24(3)23(27)15-30-4/h9-11,16-18,21,26H,5-6,12-15H2,1-4H3/t16-,17-,21-/m1/s1. The van der Waals surface area contributed by atoms with E-state index in [0.29, 0.717) is 11.5 Å². The van der Waals surface area contributed by atoms with Crippen LogP contribution in [0.2, 0.25) is 0 Å². The van der Waals surface area contributed by atoms with Crippen molar-refractivity contribution in [2.24, 2.45) is 11.8 Å². The van der Waals surface area contributed by atoms with E-state index in [2.05, 4.69) is 11.8 Å². The van der Waals surface area contributed by atoms with Gasteiger partial charge in [0.2, 0.25) is 15.9 Å². The molecule has 3 atom stereocenters. The third-order valence-corrected chi connectivity index (χ3v) is 7.83. The molecule has 176 valence electrons. The monoisotopic (exact) mass is 464 g/mol. The van der Waals surface area contributed by atoms with Crippen LogP contribution < -0.4 is 4.74 Å². The van der Waals surface area contributed by atoms with Gasteiger partial charge in [0.15, 0.2) is 0 Å². The SMILES string of the molecule is COCC(=O)N(C)C[C@H]1Oc2cc(C#CC3CC3)ccc2S(=O)(=O)N([C@H](C)CO)C[C@H]1C. The van der Waals surface area contributed by atoms with Gasteiger partial charge in [0.1, 0.15) is 23.4 Å². The van der Waals surface area contributed by atoms with Gasteiger partial charge in [-0.05, 0) is 38.0 Å². The van der Waals surface area contributed by atoms with Crippen molar-refractivity contribution in [1.29, 1.82) is 0 Å². The number of hydrogen-bond acceptors (Lipinski definition) is 6. The van der Waals surface area contributed by atoms with Crippen LogP contribution in [0.4, 0.5) is 0 Å². The molecule has 1 fully saturated rings. The lowest BCUT2D eigenvalue weighted by molar-refractivity contribution is -0.135. The van der Waals surface area contributed by atoms with Gasteiger partial charge < -0.3 is 19.5 Å². The molecular formula is C23H32N2O6S. The van der Waals surface area contributed by atoms with Crippen LogP contribution >= 0.6 is 0 Å². The van der Waals surface area contributed by atoms with E-state index in [1.54, 1.807) is 26.1 Å². The van der Waals surface area contributed by atoms with Gasteiger partial charge in [-0.15, -0.1) is 0 Å². The van der Waals surface area contributed by atoms with Crippen molar-refractivity contribution in [2.45, 2.75) is 43.7 Å². The van der Waals surface area contributed by atoms with E-state index < -0.39 is 22.2 Å². The fourth-order valence-electron chi connectivity index (χ4n) is 3.54. The Labute approximate surface area is 190 Å². The van der Waals surface area contributed by atoms with Gasteiger partial charge in [0.05, 0.1) is 13.2 Å². The van der Waals surface area contributed by atoms with Crippen molar-refractivity contribution in [2.75, 3.05) is 40.5 Å². The van der Waals surface area contributed by atoms with E-state index in [9.17, 15) is 18.3 Å². The van der Waals surface area contributed by atoms with Gasteiger partial charge in [-0.2, -0.15) is 4.31 Å². The molecule has 1 heterocycles. The quantitative estimate of drug-likeness (QED) is 0.638. The summed E-state index contributed by atoms with van der Waals surface area (Å²) in [7, 11) is -0.775. The molecule has 1 aliphatic carbocycles. The number of hydrogen-bond donors (Lipinski definition) is 1. The highest BCUT2D eigenvalue weighted by Gasteiger charge is 2.38. The highest BCUT2D eigenvalue weighted by Crippen LogP contribution is 2.34. The number of aliphatic hydroxyl groups excluding tert-OH is 1. The number of aliphatic hydroxyl groups is 1. The maximum atomic E-state index is 13.5. The van der Waals surface area contributed by atoms with Crippen LogP contribution in [0.1, 0.15) is 32.3 Å². The molecule has 32 heavy (non-hydrogen) atoms. The van der Waals surface area contributed by atoms with Crippen molar-refractivity contribution in [3.8, 4) is 17.6 Å². The minimum absolute atomic E-state index is 0.0394. The first-order valence-electron chi connectivity index (χ1n) is 10.8. The summed E-state index contributed by atoms with van der Waals surface area (Å²) in [5.74, 6) is 6.48. The summed E-state index contributed by atoms with van der Waals surface area (Å²) >= 11 is 0. The Hall–Kier alpha value is -2.12. The van der Waals surface area contributed by atoms with Crippen LogP contribution in [-0.4, -0.2) is 81.2 Å². The van der Waals surface area contributed by atoms with Crippen molar-refractivity contribution in [1.82, 2.24) is 9.21 Å². The molecule has 1 aromatic rings. The Morgan fingerprint density at radius 2 is 2.12 bits per heavy atom. The zero-order valence-corrected chi connectivity index (χ0v) is 19.9. The highest BCUT2D eigenvalue weighted by atomic mass is 32.2. The summed E-state index contributed by atoms with van der Waals surface area (Å²) in [6.45, 7) is 3.63. The Morgan fingerprint density at radius 3 is 2.75 bits per heavy atom. The van der Waals surface area contributed by atoms with E-state index in [0.717, 1.165) is 12.8 Å². The molecule has 3 rings (SSSR count). The summed E-state index contributed by atoms with van der Waals surface area (Å²) in [5, 5.41) is 9.71. The van der Waals surface area contributed by atoms with Gasteiger partial charge in [0, 0.05) is 44.1 Å². The second-order valence-corrected chi connectivity index (χ2v) is 10.5. The Kier molecular flexibility index (Phi) is 7.83. The lowest BCUT2D eigenvalue weighted by Gasteiger charge is -2.37. The van der Waals surface area contributed by atoms with E-state index >= 15 is 0 Å². The molecule has 1 N–H and O–H groups in total. The van der Waals surface area contributed by atoms with Crippen molar-refractivity contribution < 1.29 is 27.8 Å². The van der Waals surface area contributed by atoms with Crippen LogP contribution in [0.5, 0.6) is 5.75 Å². The molecular weight excluding hydrogens is 432 g/mol. The zero-order chi connectivity index (χ0) is 23.5. The predicted octanol–water partition coefficient (Wildman–Crippen LogP) is 1.32. The second kappa shape index (κ2) is 10.2. The Bertz CT molecular complexity index is 995. The highest BCUT2D eigenvalue weighted by molar-refractivity contribution is 7.89. The van der Waals surface area contributed by atoms with Gasteiger partial charge in [-0.1, -0.05) is 18.8 Å². The number of likely N-dealkylation sites (N-methyl/N-ethyl adjacent to an activating group) is 1. The van der Waals surface area contributed by atoms with Crippen molar-refractivity contribution in [3.63, 3.8) is 0 Å². The third kappa shape index (κ3) is 5.62. The molecule has 1 saturated carbocycles. The number of amides is 1. The molecule has 9 heteroatoms. The summed E-state index contributed by atoms with van der Waals surface area (Å²) in [6, 6.07) is 4.26. The maximum Gasteiger partial charge on any atom is 0.248 e. The predicted molar refractivity (Wildman–Crippen MR) is 120 cm³/mol. The molecule has 1 aromatic carbocycles. The normalized spacial score (nSPS) is 23.5. The zero-order valence-electron chi connectivity index (χ0n) is 19.1. The summed E-state index contributed by atoms with van der Waals surface area (Å²) < 4.78 is 39.4. The Morgan fingerprint density at radius 1 is 1.41 bits per heavy atom. The number of sulfonamides is 1. The van der Waals surface area contributed by atoms with Gasteiger partial charge in [-0.25, -0.2) is 8.42 Å². The summed E-state index contributed by atoms with van der Waals surface area (Å²) in [5.41, 5.74) is 0.684. The number of ether oxygens (including phenoxy) is 2. The number of nitrogens with zero attached hydrogens (tertiary/aromatic N) is 2. The first kappa shape index (κ1) is 24.5. The smallest absolute Gasteiger partial charge is 0.248 e. The van der Waals surface area contributed by atoms with Crippen LogP contribution in [0.15, 0.2) is 23.1 Å². The lowest BCUT2D eigenvalue weighted by Crippen LogP contribution is -2.50. The van der Waals surface area contributed by atoms with Gasteiger partial charge >= 0.3 is 0 Å². The van der Waals surface area contributed by atoms with Gasteiger partial charge in [-0.3, -0.25) is 4.79 Å². The van der Waals surface area contributed by atoms with Gasteiger partial charge in [0.25, 0.3) is 0 Å². The van der Waals surface area contributed by atoms with Crippen molar-refractivity contribution in [3.05, 3.63) is 23.8 Å². The van der Waals surface area contributed by atoms with Crippen LogP contribution in [0.25, 0.3) is 0 Å². The minimum atomic E-state index is -3.90. The minimum Gasteiger partial charge on any atom is -0.487 e. The van der Waals surface area contributed by atoms with Crippen molar-refractivity contribution >= 4 is 15.9 Å². The number of benzene rings is 1. The number of methoxy groups -OCH3 is 1. The molecule has 0 spiro atoms. The number of carbonyl (C=O) groups excluding carboxylic acids is 1. The molecule has 0 bridgehead atoms. The van der Waals surface area contributed by atoms with Crippen LogP contribution in [-0.2, 0) is 19.6 Å². The topological polar surface area (TPSA) is 96.4 Å². The first-order valence-corrected chi connectivity index (χ1v) is 12.3. The molecule has 0 saturated heterocycles. The molecule has 2 aliphatic rings. The fourth-order valence-corrected chi connectivity index (χ4v) is 5.37. The van der Waals surface area contributed by atoms with E-state index in [4.69, 9.17) is 9.47 Å². The maximum absolute atomic E-state index is 13.5. The Balaban J connectivity index is 2.01. The largest absolute Gasteiger partial charge is 0.487 e. The average molecular weight is 465 g/mol. The molecule has 0 radical (unpaired) electrons. The molecule has 1 aliphatic heterocycles. The lowest BCUT2D eigenvalue weighted by atomic mass is 10.0. The molecule has 0 unspecified atom stereocenters. The number of rotatable bonds is 6. The van der Waals surface area contributed by atoms with Crippen LogP contribution in [0, 0.1) is 23.7 Å². The summed E-state index contributed by atoms with van der Waals surface area (Å²) in [6.07, 6.45) is 1.73. The van der Waals surface area contributed by atoms with E-state index in [1.165, 1.54) is 22.4 Å². The van der Waals surface area contributed by atoms with E-state index in [1.807, 2.05) is 6.92 Å². The first-order chi connectivity index (χ1) is 15.2. The third-order valence-electron chi connectivity index (χ3n) is 5.81. The summed E-state index contributed by atoms with van der Waals surface area (Å²) in [4.78, 5) is 13.8. The molecule has 1 amide bonds. The fraction of sp³-hybridized carbons (Fsp3) is 0.609. The number of carbonyl (C=O) groups is 1.